The minimum absolute atomic E-state index is 0. The molecule has 0 spiro atoms. The molecule has 0 radical (unpaired) electrons. The van der Waals surface area contributed by atoms with Crippen LogP contribution < -0.4 is 5.32 Å². The molecule has 2 aromatic rings. The normalized spacial score (nSPS) is 22.5. The number of carbonyl (C=O) groups excluding carboxylic acids is 1. The number of thiazole rings is 1. The van der Waals surface area contributed by atoms with Crippen molar-refractivity contribution in [3.05, 3.63) is 41.4 Å². The maximum absolute atomic E-state index is 13.3. The van der Waals surface area contributed by atoms with E-state index in [1.54, 1.807) is 11.3 Å². The summed E-state index contributed by atoms with van der Waals surface area (Å²) in [6, 6.07) is 8.28. The number of allylic oxidation sites excluding steroid dienone is 2. The first-order valence-electron chi connectivity index (χ1n) is 9.70. The van der Waals surface area contributed by atoms with Gasteiger partial charge in [-0.05, 0) is 57.3 Å². The third-order valence-corrected chi connectivity index (χ3v) is 6.96. The lowest BCUT2D eigenvalue weighted by atomic mass is 9.81. The van der Waals surface area contributed by atoms with E-state index in [-0.39, 0.29) is 36.6 Å². The summed E-state index contributed by atoms with van der Waals surface area (Å²) in [7, 11) is 2.01. The van der Waals surface area contributed by atoms with Crippen LogP contribution in [0.2, 0.25) is 0 Å². The number of piperidine rings is 1. The lowest BCUT2D eigenvalue weighted by Crippen LogP contribution is -2.44. The number of hydrogen-bond donors (Lipinski definition) is 1. The molecule has 1 fully saturated rings. The fourth-order valence-corrected chi connectivity index (χ4v) is 5.44. The van der Waals surface area contributed by atoms with Crippen LogP contribution in [-0.4, -0.2) is 42.5 Å². The number of fused-ring (bicyclic) bond motifs is 1. The van der Waals surface area contributed by atoms with Crippen LogP contribution in [0.15, 0.2) is 36.4 Å². The molecule has 2 aliphatic rings. The van der Waals surface area contributed by atoms with E-state index in [4.69, 9.17) is 4.98 Å². The summed E-state index contributed by atoms with van der Waals surface area (Å²) in [6.45, 7) is 2.86. The van der Waals surface area contributed by atoms with Gasteiger partial charge in [0.2, 0.25) is 5.91 Å². The van der Waals surface area contributed by atoms with Gasteiger partial charge in [0, 0.05) is 19.0 Å². The van der Waals surface area contributed by atoms with Gasteiger partial charge in [-0.1, -0.05) is 24.3 Å². The van der Waals surface area contributed by atoms with Gasteiger partial charge < -0.3 is 10.2 Å². The van der Waals surface area contributed by atoms with Crippen LogP contribution in [0.1, 0.15) is 36.6 Å². The molecule has 7 heteroatoms. The number of nitrogens with one attached hydrogen (secondary N) is 1. The van der Waals surface area contributed by atoms with Gasteiger partial charge in [0.05, 0.1) is 21.1 Å². The molecule has 1 aromatic carbocycles. The molecule has 4 nitrogen and oxygen atoms in total. The molecule has 28 heavy (non-hydrogen) atoms. The second-order valence-corrected chi connectivity index (χ2v) is 8.56. The zero-order chi connectivity index (χ0) is 17.9. The standard InChI is InChI=1S/C21H27N3OS.2ClH/c1-22-14-15-10-12-24(13-11-15)21(25)17-7-3-2-6-16(17)20-23-18-8-4-5-9-19(18)26-20;;/h2-5,8-9,15-17,22H,6-7,10-14H2,1H3;2*1H. The van der Waals surface area contributed by atoms with Gasteiger partial charge in [-0.2, -0.15) is 0 Å². The molecule has 1 amide bonds. The van der Waals surface area contributed by atoms with Crippen molar-refractivity contribution in [1.29, 1.82) is 0 Å². The average Bonchev–Trinajstić information content (AvgIpc) is 3.12. The van der Waals surface area contributed by atoms with Crippen molar-refractivity contribution in [3.63, 3.8) is 0 Å². The SMILES string of the molecule is CNCC1CCN(C(=O)C2CC=CCC2c2nc3ccccc3s2)CC1.Cl.Cl. The molecular weight excluding hydrogens is 413 g/mol. The molecule has 4 rings (SSSR count). The molecule has 1 aromatic heterocycles. The Morgan fingerprint density at radius 2 is 1.89 bits per heavy atom. The lowest BCUT2D eigenvalue weighted by molar-refractivity contribution is -0.137. The summed E-state index contributed by atoms with van der Waals surface area (Å²) in [4.78, 5) is 20.2. The number of nitrogens with zero attached hydrogens (tertiary/aromatic N) is 2. The van der Waals surface area contributed by atoms with Gasteiger partial charge in [0.15, 0.2) is 0 Å². The van der Waals surface area contributed by atoms with Gasteiger partial charge >= 0.3 is 0 Å². The van der Waals surface area contributed by atoms with E-state index in [0.717, 1.165) is 55.8 Å². The Morgan fingerprint density at radius 3 is 2.61 bits per heavy atom. The molecule has 2 heterocycles. The van der Waals surface area contributed by atoms with E-state index < -0.39 is 0 Å². The van der Waals surface area contributed by atoms with Gasteiger partial charge in [-0.25, -0.2) is 4.98 Å². The van der Waals surface area contributed by atoms with E-state index in [1.165, 1.54) is 4.70 Å². The molecule has 154 valence electrons. The number of hydrogen-bond acceptors (Lipinski definition) is 4. The Hall–Kier alpha value is -1.14. The van der Waals surface area contributed by atoms with Crippen LogP contribution in [-0.2, 0) is 4.79 Å². The monoisotopic (exact) mass is 441 g/mol. The second-order valence-electron chi connectivity index (χ2n) is 7.50. The minimum atomic E-state index is 0. The average molecular weight is 442 g/mol. The number of benzene rings is 1. The van der Waals surface area contributed by atoms with E-state index in [9.17, 15) is 4.79 Å². The fourth-order valence-electron chi connectivity index (χ4n) is 4.29. The third kappa shape index (κ3) is 4.88. The van der Waals surface area contributed by atoms with E-state index in [1.807, 2.05) is 13.1 Å². The maximum Gasteiger partial charge on any atom is 0.226 e. The Labute approximate surface area is 183 Å². The van der Waals surface area contributed by atoms with Gasteiger partial charge in [-0.3, -0.25) is 4.79 Å². The van der Waals surface area contributed by atoms with Gasteiger partial charge in [-0.15, -0.1) is 36.2 Å². The van der Waals surface area contributed by atoms with Crippen LogP contribution in [0, 0.1) is 11.8 Å². The molecule has 1 aliphatic heterocycles. The smallest absolute Gasteiger partial charge is 0.226 e. The van der Waals surface area contributed by atoms with Crippen molar-refractivity contribution < 1.29 is 4.79 Å². The maximum atomic E-state index is 13.3. The van der Waals surface area contributed by atoms with E-state index in [2.05, 4.69) is 40.6 Å². The molecule has 1 N–H and O–H groups in total. The van der Waals surface area contributed by atoms with Crippen molar-refractivity contribution >= 4 is 52.3 Å². The second kappa shape index (κ2) is 10.6. The Kier molecular flexibility index (Phi) is 8.75. The quantitative estimate of drug-likeness (QED) is 0.702. The number of carbonyl (C=O) groups is 1. The summed E-state index contributed by atoms with van der Waals surface area (Å²) in [6.07, 6.45) is 8.39. The highest BCUT2D eigenvalue weighted by Gasteiger charge is 2.36. The third-order valence-electron chi connectivity index (χ3n) is 5.80. The summed E-state index contributed by atoms with van der Waals surface area (Å²) in [5.41, 5.74) is 1.06. The van der Waals surface area contributed by atoms with Crippen molar-refractivity contribution in [3.8, 4) is 0 Å². The fraction of sp³-hybridized carbons (Fsp3) is 0.524. The van der Waals surface area contributed by atoms with Crippen molar-refractivity contribution in [2.45, 2.75) is 31.6 Å². The predicted octanol–water partition coefficient (Wildman–Crippen LogP) is 4.65. The van der Waals surface area contributed by atoms with Crippen LogP contribution in [0.25, 0.3) is 10.2 Å². The Morgan fingerprint density at radius 1 is 1.18 bits per heavy atom. The first kappa shape index (κ1) is 23.1. The van der Waals surface area contributed by atoms with Crippen LogP contribution in [0.4, 0.5) is 0 Å². The molecular formula is C21H29Cl2N3OS. The highest BCUT2D eigenvalue weighted by atomic mass is 35.5. The number of halogens is 2. The molecule has 2 atom stereocenters. The Bertz CT molecular complexity index is 769. The molecule has 2 unspecified atom stereocenters. The summed E-state index contributed by atoms with van der Waals surface area (Å²) in [5, 5.41) is 4.39. The zero-order valence-corrected chi connectivity index (χ0v) is 18.6. The lowest BCUT2D eigenvalue weighted by Gasteiger charge is -2.36. The zero-order valence-electron chi connectivity index (χ0n) is 16.2. The van der Waals surface area contributed by atoms with Crippen LogP contribution >= 0.6 is 36.2 Å². The van der Waals surface area contributed by atoms with Crippen LogP contribution in [0.5, 0.6) is 0 Å². The van der Waals surface area contributed by atoms with Gasteiger partial charge in [0.1, 0.15) is 0 Å². The minimum Gasteiger partial charge on any atom is -0.342 e. The number of para-hydroxylation sites is 1. The van der Waals surface area contributed by atoms with Crippen molar-refractivity contribution in [1.82, 2.24) is 15.2 Å². The summed E-state index contributed by atoms with van der Waals surface area (Å²) >= 11 is 1.75. The summed E-state index contributed by atoms with van der Waals surface area (Å²) in [5.74, 6) is 1.30. The van der Waals surface area contributed by atoms with Crippen LogP contribution in [0.3, 0.4) is 0 Å². The number of aromatic nitrogens is 1. The van der Waals surface area contributed by atoms with Crippen molar-refractivity contribution in [2.24, 2.45) is 11.8 Å². The highest BCUT2D eigenvalue weighted by Crippen LogP contribution is 2.39. The van der Waals surface area contributed by atoms with E-state index in [0.29, 0.717) is 11.8 Å². The molecule has 0 saturated carbocycles. The molecule has 0 bridgehead atoms. The summed E-state index contributed by atoms with van der Waals surface area (Å²) < 4.78 is 1.22. The molecule has 1 saturated heterocycles. The largest absolute Gasteiger partial charge is 0.342 e. The molecule has 1 aliphatic carbocycles. The number of amides is 1. The van der Waals surface area contributed by atoms with Crippen molar-refractivity contribution in [2.75, 3.05) is 26.7 Å². The predicted molar refractivity (Wildman–Crippen MR) is 122 cm³/mol. The Balaban J connectivity index is 0.00000140. The highest BCUT2D eigenvalue weighted by molar-refractivity contribution is 7.18. The first-order valence-corrected chi connectivity index (χ1v) is 10.5. The first-order chi connectivity index (χ1) is 12.8. The van der Waals surface area contributed by atoms with Gasteiger partial charge in [0.25, 0.3) is 0 Å². The number of rotatable bonds is 4. The van der Waals surface area contributed by atoms with E-state index >= 15 is 0 Å². The number of likely N-dealkylation sites (tertiary alicyclic amines) is 1. The topological polar surface area (TPSA) is 45.2 Å².